The maximum absolute atomic E-state index is 10.4. The van der Waals surface area contributed by atoms with Crippen LogP contribution in [0.15, 0.2) is 42.0 Å². The fraction of sp³-hybridized carbons (Fsp3) is 0.267. The van der Waals surface area contributed by atoms with Crippen LogP contribution in [0.2, 0.25) is 0 Å². The van der Waals surface area contributed by atoms with E-state index in [0.717, 1.165) is 31.1 Å². The third kappa shape index (κ3) is 3.23. The molecule has 0 spiro atoms. The molecule has 94 valence electrons. The third-order valence-corrected chi connectivity index (χ3v) is 3.01. The monoisotopic (exact) mass is 243 g/mol. The molecule has 0 saturated carbocycles. The average molecular weight is 243 g/mol. The topological polar surface area (TPSA) is 40.5 Å². The van der Waals surface area contributed by atoms with E-state index in [0.29, 0.717) is 0 Å². The van der Waals surface area contributed by atoms with Crippen molar-refractivity contribution in [2.75, 3.05) is 18.0 Å². The van der Waals surface area contributed by atoms with Crippen molar-refractivity contribution in [2.45, 2.75) is 13.3 Å². The highest BCUT2D eigenvalue weighted by Gasteiger charge is 2.09. The van der Waals surface area contributed by atoms with Crippen molar-refractivity contribution in [2.24, 2.45) is 0 Å². The SMILES string of the molecule is CC1=CCCN(c2ccc(/C=C/C(=O)O)cc2)C1. The fourth-order valence-corrected chi connectivity index (χ4v) is 2.10. The van der Waals surface area contributed by atoms with E-state index >= 15 is 0 Å². The average Bonchev–Trinajstić information content (AvgIpc) is 2.37. The largest absolute Gasteiger partial charge is 0.478 e. The molecule has 0 atom stereocenters. The van der Waals surface area contributed by atoms with Gasteiger partial charge < -0.3 is 10.0 Å². The first-order valence-electron chi connectivity index (χ1n) is 6.07. The summed E-state index contributed by atoms with van der Waals surface area (Å²) in [6, 6.07) is 7.98. The summed E-state index contributed by atoms with van der Waals surface area (Å²) >= 11 is 0. The summed E-state index contributed by atoms with van der Waals surface area (Å²) in [6.45, 7) is 4.17. The minimum Gasteiger partial charge on any atom is -0.478 e. The zero-order valence-electron chi connectivity index (χ0n) is 10.5. The van der Waals surface area contributed by atoms with E-state index in [-0.39, 0.29) is 0 Å². The van der Waals surface area contributed by atoms with Gasteiger partial charge in [0.1, 0.15) is 0 Å². The summed E-state index contributed by atoms with van der Waals surface area (Å²) < 4.78 is 0. The molecule has 0 amide bonds. The maximum Gasteiger partial charge on any atom is 0.328 e. The van der Waals surface area contributed by atoms with Crippen molar-refractivity contribution in [3.05, 3.63) is 47.6 Å². The minimum atomic E-state index is -0.920. The van der Waals surface area contributed by atoms with E-state index in [1.165, 1.54) is 11.3 Å². The van der Waals surface area contributed by atoms with E-state index in [2.05, 4.69) is 17.9 Å². The number of carboxylic acid groups (broad SMARTS) is 1. The van der Waals surface area contributed by atoms with Gasteiger partial charge in [-0.2, -0.15) is 0 Å². The fourth-order valence-electron chi connectivity index (χ4n) is 2.10. The molecule has 0 bridgehead atoms. The molecule has 0 fully saturated rings. The van der Waals surface area contributed by atoms with Crippen molar-refractivity contribution in [3.63, 3.8) is 0 Å². The molecular weight excluding hydrogens is 226 g/mol. The molecule has 1 aliphatic heterocycles. The van der Waals surface area contributed by atoms with E-state index < -0.39 is 5.97 Å². The van der Waals surface area contributed by atoms with Gasteiger partial charge >= 0.3 is 5.97 Å². The summed E-state index contributed by atoms with van der Waals surface area (Å²) in [5.74, 6) is -0.920. The Balaban J connectivity index is 2.08. The lowest BCUT2D eigenvalue weighted by molar-refractivity contribution is -0.131. The molecule has 1 aromatic rings. The Hall–Kier alpha value is -2.03. The molecule has 0 aliphatic carbocycles. The number of anilines is 1. The van der Waals surface area contributed by atoms with Crippen LogP contribution in [0.1, 0.15) is 18.9 Å². The van der Waals surface area contributed by atoms with Crippen LogP contribution in [0.3, 0.4) is 0 Å². The molecule has 2 rings (SSSR count). The van der Waals surface area contributed by atoms with Crippen molar-refractivity contribution in [1.29, 1.82) is 0 Å². The van der Waals surface area contributed by atoms with Gasteiger partial charge in [-0.3, -0.25) is 0 Å². The van der Waals surface area contributed by atoms with Gasteiger partial charge in [-0.15, -0.1) is 0 Å². The summed E-state index contributed by atoms with van der Waals surface area (Å²) in [7, 11) is 0. The normalized spacial score (nSPS) is 15.8. The number of carbonyl (C=O) groups is 1. The van der Waals surface area contributed by atoms with E-state index in [1.54, 1.807) is 6.08 Å². The van der Waals surface area contributed by atoms with Crippen LogP contribution in [0.25, 0.3) is 6.08 Å². The molecule has 0 unspecified atom stereocenters. The first-order chi connectivity index (χ1) is 8.65. The van der Waals surface area contributed by atoms with Gasteiger partial charge in [-0.25, -0.2) is 4.79 Å². The number of hydrogen-bond donors (Lipinski definition) is 1. The van der Waals surface area contributed by atoms with Gasteiger partial charge in [-0.05, 0) is 37.1 Å². The molecular formula is C15H17NO2. The lowest BCUT2D eigenvalue weighted by Gasteiger charge is -2.28. The van der Waals surface area contributed by atoms with Gasteiger partial charge in [0.15, 0.2) is 0 Å². The Morgan fingerprint density at radius 3 is 2.67 bits per heavy atom. The Kier molecular flexibility index (Phi) is 3.82. The molecule has 3 heteroatoms. The zero-order chi connectivity index (χ0) is 13.0. The Morgan fingerprint density at radius 1 is 1.33 bits per heavy atom. The maximum atomic E-state index is 10.4. The second kappa shape index (κ2) is 5.54. The van der Waals surface area contributed by atoms with Crippen molar-refractivity contribution in [1.82, 2.24) is 0 Å². The third-order valence-electron chi connectivity index (χ3n) is 3.01. The van der Waals surface area contributed by atoms with Crippen LogP contribution in [0.5, 0.6) is 0 Å². The molecule has 0 radical (unpaired) electrons. The summed E-state index contributed by atoms with van der Waals surface area (Å²) in [5.41, 5.74) is 3.50. The van der Waals surface area contributed by atoms with Gasteiger partial charge in [0.25, 0.3) is 0 Å². The first-order valence-corrected chi connectivity index (χ1v) is 6.07. The number of aliphatic carboxylic acids is 1. The van der Waals surface area contributed by atoms with Crippen molar-refractivity contribution < 1.29 is 9.90 Å². The van der Waals surface area contributed by atoms with Crippen LogP contribution in [0, 0.1) is 0 Å². The van der Waals surface area contributed by atoms with Crippen LogP contribution >= 0.6 is 0 Å². The number of benzene rings is 1. The molecule has 0 aromatic heterocycles. The Morgan fingerprint density at radius 2 is 2.06 bits per heavy atom. The van der Waals surface area contributed by atoms with Crippen LogP contribution in [-0.4, -0.2) is 24.2 Å². The molecule has 3 nitrogen and oxygen atoms in total. The van der Waals surface area contributed by atoms with Gasteiger partial charge in [0, 0.05) is 24.9 Å². The van der Waals surface area contributed by atoms with Crippen molar-refractivity contribution >= 4 is 17.7 Å². The zero-order valence-corrected chi connectivity index (χ0v) is 10.5. The second-order valence-electron chi connectivity index (χ2n) is 4.52. The second-order valence-corrected chi connectivity index (χ2v) is 4.52. The lowest BCUT2D eigenvalue weighted by Crippen LogP contribution is -2.28. The Labute approximate surface area is 107 Å². The van der Waals surface area contributed by atoms with E-state index in [1.807, 2.05) is 24.3 Å². The standard InChI is InChI=1S/C15H17NO2/c1-12-3-2-10-16(11-12)14-7-4-13(5-8-14)6-9-15(17)18/h3-9H,2,10-11H2,1H3,(H,17,18)/b9-6+. The predicted molar refractivity (Wildman–Crippen MR) is 73.7 cm³/mol. The number of carboxylic acids is 1. The predicted octanol–water partition coefficient (Wildman–Crippen LogP) is 2.94. The highest BCUT2D eigenvalue weighted by atomic mass is 16.4. The highest BCUT2D eigenvalue weighted by molar-refractivity contribution is 5.85. The molecule has 1 heterocycles. The van der Waals surface area contributed by atoms with Gasteiger partial charge in [0.2, 0.25) is 0 Å². The van der Waals surface area contributed by atoms with Gasteiger partial charge in [-0.1, -0.05) is 23.8 Å². The first kappa shape index (κ1) is 12.4. The molecule has 0 saturated heterocycles. The molecule has 1 aromatic carbocycles. The molecule has 1 aliphatic rings. The highest BCUT2D eigenvalue weighted by Crippen LogP contribution is 2.20. The van der Waals surface area contributed by atoms with Gasteiger partial charge in [0.05, 0.1) is 0 Å². The smallest absolute Gasteiger partial charge is 0.328 e. The summed E-state index contributed by atoms with van der Waals surface area (Å²) in [5, 5.41) is 8.56. The van der Waals surface area contributed by atoms with Crippen LogP contribution < -0.4 is 4.90 Å². The number of rotatable bonds is 3. The number of hydrogen-bond acceptors (Lipinski definition) is 2. The van der Waals surface area contributed by atoms with Crippen LogP contribution in [0.4, 0.5) is 5.69 Å². The number of nitrogens with zero attached hydrogens (tertiary/aromatic N) is 1. The quantitative estimate of drug-likeness (QED) is 0.655. The van der Waals surface area contributed by atoms with E-state index in [9.17, 15) is 4.79 Å². The summed E-state index contributed by atoms with van der Waals surface area (Å²) in [4.78, 5) is 12.8. The molecule has 18 heavy (non-hydrogen) atoms. The summed E-state index contributed by atoms with van der Waals surface area (Å²) in [6.07, 6.45) is 6.13. The van der Waals surface area contributed by atoms with Crippen molar-refractivity contribution in [3.8, 4) is 0 Å². The molecule has 1 N–H and O–H groups in total. The minimum absolute atomic E-state index is 0.908. The Bertz CT molecular complexity index is 486. The van der Waals surface area contributed by atoms with Crippen LogP contribution in [-0.2, 0) is 4.79 Å². The van der Waals surface area contributed by atoms with E-state index in [4.69, 9.17) is 5.11 Å². The lowest BCUT2D eigenvalue weighted by atomic mass is 10.1.